The van der Waals surface area contributed by atoms with E-state index in [1.807, 2.05) is 49.4 Å². The van der Waals surface area contributed by atoms with Gasteiger partial charge in [-0.3, -0.25) is 4.79 Å². The van der Waals surface area contributed by atoms with Crippen LogP contribution in [0.3, 0.4) is 0 Å². The van der Waals surface area contributed by atoms with Gasteiger partial charge in [-0.25, -0.2) is 0 Å². The molecule has 0 saturated heterocycles. The lowest BCUT2D eigenvalue weighted by Gasteiger charge is -2.22. The van der Waals surface area contributed by atoms with Crippen molar-refractivity contribution in [3.8, 4) is 17.2 Å². The highest BCUT2D eigenvalue weighted by Crippen LogP contribution is 2.32. The summed E-state index contributed by atoms with van der Waals surface area (Å²) in [5.41, 5.74) is 2.27. The average molecular weight is 383 g/mol. The largest absolute Gasteiger partial charge is 0.486 e. The Bertz CT molecular complexity index is 823. The maximum atomic E-state index is 12.6. The van der Waals surface area contributed by atoms with E-state index < -0.39 is 6.10 Å². The summed E-state index contributed by atoms with van der Waals surface area (Å²) in [7, 11) is 0. The predicted molar refractivity (Wildman–Crippen MR) is 109 cm³/mol. The number of hydrogen-bond acceptors (Lipinski definition) is 4. The molecule has 2 atom stereocenters. The summed E-state index contributed by atoms with van der Waals surface area (Å²) >= 11 is 0. The molecular formula is C23H29NO4. The van der Waals surface area contributed by atoms with Gasteiger partial charge in [-0.05, 0) is 54.7 Å². The number of benzene rings is 2. The number of hydrogen-bond donors (Lipinski definition) is 1. The first-order valence-corrected chi connectivity index (χ1v) is 9.71. The topological polar surface area (TPSA) is 56.8 Å². The quantitative estimate of drug-likeness (QED) is 0.831. The van der Waals surface area contributed by atoms with Crippen molar-refractivity contribution in [2.45, 2.75) is 52.2 Å². The molecule has 5 nitrogen and oxygen atoms in total. The molecule has 1 N–H and O–H groups in total. The third-order valence-electron chi connectivity index (χ3n) is 4.83. The van der Waals surface area contributed by atoms with Gasteiger partial charge in [0.05, 0.1) is 6.04 Å². The summed E-state index contributed by atoms with van der Waals surface area (Å²) < 4.78 is 17.0. The molecule has 1 amide bonds. The van der Waals surface area contributed by atoms with Crippen molar-refractivity contribution < 1.29 is 19.0 Å². The van der Waals surface area contributed by atoms with Gasteiger partial charge in [0.1, 0.15) is 19.0 Å². The van der Waals surface area contributed by atoms with Gasteiger partial charge >= 0.3 is 0 Å². The summed E-state index contributed by atoms with van der Waals surface area (Å²) in [5, 5.41) is 3.00. The van der Waals surface area contributed by atoms with Crippen LogP contribution < -0.4 is 19.5 Å². The Morgan fingerprint density at radius 1 is 1.00 bits per heavy atom. The molecule has 3 rings (SSSR count). The summed E-state index contributed by atoms with van der Waals surface area (Å²) in [6, 6.07) is 13.5. The molecule has 1 aliphatic heterocycles. The number of nitrogens with one attached hydrogen (secondary N) is 1. The summed E-state index contributed by atoms with van der Waals surface area (Å²) in [6.07, 6.45) is -0.597. The molecule has 0 spiro atoms. The third-order valence-corrected chi connectivity index (χ3v) is 4.83. The van der Waals surface area contributed by atoms with E-state index in [0.29, 0.717) is 24.7 Å². The smallest absolute Gasteiger partial charge is 0.261 e. The Morgan fingerprint density at radius 3 is 2.29 bits per heavy atom. The van der Waals surface area contributed by atoms with Crippen LogP contribution in [0.4, 0.5) is 0 Å². The van der Waals surface area contributed by atoms with Crippen molar-refractivity contribution in [1.29, 1.82) is 0 Å². The lowest BCUT2D eigenvalue weighted by Crippen LogP contribution is -2.37. The van der Waals surface area contributed by atoms with Crippen molar-refractivity contribution in [3.05, 3.63) is 53.6 Å². The van der Waals surface area contributed by atoms with Crippen LogP contribution in [0.25, 0.3) is 0 Å². The van der Waals surface area contributed by atoms with Crippen molar-refractivity contribution >= 4 is 5.91 Å². The van der Waals surface area contributed by atoms with Gasteiger partial charge in [-0.15, -0.1) is 0 Å². The molecule has 150 valence electrons. The molecule has 0 unspecified atom stereocenters. The van der Waals surface area contributed by atoms with Gasteiger partial charge in [0.2, 0.25) is 0 Å². The van der Waals surface area contributed by atoms with Gasteiger partial charge in [0.25, 0.3) is 5.91 Å². The molecule has 0 aliphatic carbocycles. The van der Waals surface area contributed by atoms with Gasteiger partial charge in [0.15, 0.2) is 17.6 Å². The Balaban J connectivity index is 1.59. The first-order valence-electron chi connectivity index (χ1n) is 9.71. The molecule has 0 radical (unpaired) electrons. The summed E-state index contributed by atoms with van der Waals surface area (Å²) in [4.78, 5) is 12.6. The van der Waals surface area contributed by atoms with Crippen LogP contribution in [0.2, 0.25) is 0 Å². The van der Waals surface area contributed by atoms with Crippen LogP contribution in [0.5, 0.6) is 17.2 Å². The molecule has 2 aromatic rings. The maximum absolute atomic E-state index is 12.6. The van der Waals surface area contributed by atoms with Crippen molar-refractivity contribution in [1.82, 2.24) is 5.32 Å². The number of carbonyl (C=O) groups is 1. The van der Waals surface area contributed by atoms with E-state index in [0.717, 1.165) is 11.3 Å². The minimum absolute atomic E-state index is 0.0839. The summed E-state index contributed by atoms with van der Waals surface area (Å²) in [6.45, 7) is 11.3. The minimum atomic E-state index is -0.597. The fourth-order valence-corrected chi connectivity index (χ4v) is 3.03. The fraction of sp³-hybridized carbons (Fsp3) is 0.435. The summed E-state index contributed by atoms with van der Waals surface area (Å²) in [5.74, 6) is 1.97. The second-order valence-electron chi connectivity index (χ2n) is 8.17. The van der Waals surface area contributed by atoms with Crippen molar-refractivity contribution in [2.75, 3.05) is 13.2 Å². The zero-order chi connectivity index (χ0) is 20.3. The van der Waals surface area contributed by atoms with Crippen LogP contribution in [0.15, 0.2) is 42.5 Å². The predicted octanol–water partition coefficient (Wildman–Crippen LogP) is 4.40. The molecule has 0 aromatic heterocycles. The highest BCUT2D eigenvalue weighted by atomic mass is 16.6. The number of amides is 1. The standard InChI is InChI=1S/C23H29NO4/c1-15(17-6-11-20-21(14-17)27-13-12-26-20)24-22(25)16(2)28-19-9-7-18(8-10-19)23(3,4)5/h6-11,14-16H,12-13H2,1-5H3,(H,24,25)/t15-,16-/m1/s1. The third kappa shape index (κ3) is 4.77. The SMILES string of the molecule is C[C@@H](Oc1ccc(C(C)(C)C)cc1)C(=O)N[C@H](C)c1ccc2c(c1)OCCO2. The Kier molecular flexibility index (Phi) is 5.82. The number of rotatable bonds is 5. The number of carbonyl (C=O) groups excluding carboxylic acids is 1. The van der Waals surface area contributed by atoms with Crippen molar-refractivity contribution in [3.63, 3.8) is 0 Å². The normalized spacial score (nSPS) is 15.5. The van der Waals surface area contributed by atoms with Crippen LogP contribution in [-0.4, -0.2) is 25.2 Å². The van der Waals surface area contributed by atoms with Crippen LogP contribution >= 0.6 is 0 Å². The van der Waals surface area contributed by atoms with Crippen molar-refractivity contribution in [2.24, 2.45) is 0 Å². The monoisotopic (exact) mass is 383 g/mol. The van der Waals surface area contributed by atoms with Crippen LogP contribution in [0, 0.1) is 0 Å². The van der Waals surface area contributed by atoms with E-state index in [1.165, 1.54) is 5.56 Å². The zero-order valence-corrected chi connectivity index (χ0v) is 17.2. The van der Waals surface area contributed by atoms with Gasteiger partial charge in [-0.2, -0.15) is 0 Å². The molecule has 0 fully saturated rings. The van der Waals surface area contributed by atoms with E-state index in [2.05, 4.69) is 26.1 Å². The number of fused-ring (bicyclic) bond motifs is 1. The van der Waals surface area contributed by atoms with Crippen LogP contribution in [0.1, 0.15) is 51.8 Å². The molecule has 1 heterocycles. The van der Waals surface area contributed by atoms with E-state index in [1.54, 1.807) is 6.92 Å². The van der Waals surface area contributed by atoms with Gasteiger partial charge in [-0.1, -0.05) is 39.0 Å². The lowest BCUT2D eigenvalue weighted by atomic mass is 9.87. The molecule has 1 aliphatic rings. The molecule has 5 heteroatoms. The highest BCUT2D eigenvalue weighted by Gasteiger charge is 2.20. The minimum Gasteiger partial charge on any atom is -0.486 e. The molecule has 0 saturated carbocycles. The van der Waals surface area contributed by atoms with E-state index in [-0.39, 0.29) is 17.4 Å². The Hall–Kier alpha value is -2.69. The lowest BCUT2D eigenvalue weighted by molar-refractivity contribution is -0.127. The number of ether oxygens (including phenoxy) is 3. The highest BCUT2D eigenvalue weighted by molar-refractivity contribution is 5.81. The molecule has 0 bridgehead atoms. The van der Waals surface area contributed by atoms with Crippen LogP contribution in [-0.2, 0) is 10.2 Å². The first kappa shape index (κ1) is 20.1. The molecule has 28 heavy (non-hydrogen) atoms. The molecule has 2 aromatic carbocycles. The second kappa shape index (κ2) is 8.13. The first-order chi connectivity index (χ1) is 13.2. The van der Waals surface area contributed by atoms with Gasteiger partial charge in [0, 0.05) is 0 Å². The van der Waals surface area contributed by atoms with E-state index in [9.17, 15) is 4.79 Å². The van der Waals surface area contributed by atoms with Gasteiger partial charge < -0.3 is 19.5 Å². The second-order valence-corrected chi connectivity index (χ2v) is 8.17. The molecular weight excluding hydrogens is 354 g/mol. The fourth-order valence-electron chi connectivity index (χ4n) is 3.03. The maximum Gasteiger partial charge on any atom is 0.261 e. The van der Waals surface area contributed by atoms with E-state index in [4.69, 9.17) is 14.2 Å². The zero-order valence-electron chi connectivity index (χ0n) is 17.2. The Morgan fingerprint density at radius 2 is 1.64 bits per heavy atom. The van der Waals surface area contributed by atoms with E-state index >= 15 is 0 Å². The Labute approximate surface area is 167 Å². The average Bonchev–Trinajstić information content (AvgIpc) is 2.67.